The van der Waals surface area contributed by atoms with Crippen molar-refractivity contribution in [1.29, 1.82) is 0 Å². The first kappa shape index (κ1) is 17.3. The van der Waals surface area contributed by atoms with E-state index >= 15 is 0 Å². The van der Waals surface area contributed by atoms with Crippen molar-refractivity contribution in [3.63, 3.8) is 0 Å². The minimum atomic E-state index is -1.46. The van der Waals surface area contributed by atoms with Gasteiger partial charge in [0.05, 0.1) is 7.11 Å². The maximum atomic E-state index is 13.1. The molecule has 0 spiro atoms. The highest BCUT2D eigenvalue weighted by atomic mass is 16.5. The summed E-state index contributed by atoms with van der Waals surface area (Å²) >= 11 is 0. The van der Waals surface area contributed by atoms with Crippen LogP contribution in [0.4, 0.5) is 0 Å². The van der Waals surface area contributed by atoms with Crippen LogP contribution in [0.3, 0.4) is 0 Å². The molecule has 1 aliphatic rings. The number of nitrogens with zero attached hydrogens (tertiary/aromatic N) is 1. The highest BCUT2D eigenvalue weighted by molar-refractivity contribution is 6.00. The quantitative estimate of drug-likeness (QED) is 0.757. The van der Waals surface area contributed by atoms with E-state index in [1.165, 1.54) is 0 Å². The lowest BCUT2D eigenvalue weighted by atomic mass is 9.93. The average Bonchev–Trinajstić information content (AvgIpc) is 2.95. The number of amides is 1. The Hall–Kier alpha value is -3.11. The van der Waals surface area contributed by atoms with Gasteiger partial charge in [-0.2, -0.15) is 0 Å². The second-order valence-corrected chi connectivity index (χ2v) is 6.64. The summed E-state index contributed by atoms with van der Waals surface area (Å²) in [5.74, 6) is 0.627. The molecule has 0 bridgehead atoms. The number of carbonyl (C=O) groups excluding carboxylic acids is 1. The van der Waals surface area contributed by atoms with E-state index in [9.17, 15) is 9.90 Å². The van der Waals surface area contributed by atoms with Crippen molar-refractivity contribution in [2.24, 2.45) is 0 Å². The Bertz CT molecular complexity index is 970. The molecular formula is C23H21NO3. The molecule has 0 fully saturated rings. The third-order valence-corrected chi connectivity index (χ3v) is 5.10. The van der Waals surface area contributed by atoms with Crippen molar-refractivity contribution in [2.75, 3.05) is 13.7 Å². The molecule has 3 aromatic carbocycles. The van der Waals surface area contributed by atoms with Gasteiger partial charge in [0.1, 0.15) is 5.75 Å². The van der Waals surface area contributed by atoms with Gasteiger partial charge < -0.3 is 14.7 Å². The van der Waals surface area contributed by atoms with E-state index in [0.29, 0.717) is 29.7 Å². The van der Waals surface area contributed by atoms with E-state index in [4.69, 9.17) is 4.74 Å². The summed E-state index contributed by atoms with van der Waals surface area (Å²) in [6, 6.07) is 24.4. The molecule has 1 atom stereocenters. The smallest absolute Gasteiger partial charge is 0.257 e. The number of methoxy groups -OCH3 is 1. The Balaban J connectivity index is 1.71. The number of aliphatic hydroxyl groups is 1. The SMILES string of the molecule is COc1cccc(CCN2C(=O)c3ccccc3C2(O)c2ccccc2)c1. The standard InChI is InChI=1S/C23H21NO3/c1-27-19-11-7-8-17(16-19)14-15-24-22(25)20-12-5-6-13-21(20)23(24,26)18-9-3-2-4-10-18/h2-13,16,26H,14-15H2,1H3. The fourth-order valence-electron chi connectivity index (χ4n) is 3.73. The number of hydrogen-bond acceptors (Lipinski definition) is 3. The first-order valence-electron chi connectivity index (χ1n) is 8.97. The molecule has 4 nitrogen and oxygen atoms in total. The molecule has 0 radical (unpaired) electrons. The number of carbonyl (C=O) groups is 1. The van der Waals surface area contributed by atoms with Crippen LogP contribution >= 0.6 is 0 Å². The average molecular weight is 359 g/mol. The highest BCUT2D eigenvalue weighted by Crippen LogP contribution is 2.42. The fourth-order valence-corrected chi connectivity index (χ4v) is 3.73. The summed E-state index contributed by atoms with van der Waals surface area (Å²) < 4.78 is 5.28. The molecule has 27 heavy (non-hydrogen) atoms. The maximum absolute atomic E-state index is 13.1. The molecule has 0 saturated heterocycles. The molecule has 1 aliphatic heterocycles. The fraction of sp³-hybridized carbons (Fsp3) is 0.174. The monoisotopic (exact) mass is 359 g/mol. The number of hydrogen-bond donors (Lipinski definition) is 1. The number of fused-ring (bicyclic) bond motifs is 1. The molecule has 1 unspecified atom stereocenters. The molecule has 0 aliphatic carbocycles. The predicted molar refractivity (Wildman–Crippen MR) is 104 cm³/mol. The van der Waals surface area contributed by atoms with Crippen molar-refractivity contribution in [3.05, 3.63) is 101 Å². The van der Waals surface area contributed by atoms with Gasteiger partial charge in [-0.3, -0.25) is 4.79 Å². The van der Waals surface area contributed by atoms with Crippen molar-refractivity contribution in [3.8, 4) is 5.75 Å². The van der Waals surface area contributed by atoms with E-state index in [1.54, 1.807) is 18.1 Å². The van der Waals surface area contributed by atoms with Crippen molar-refractivity contribution < 1.29 is 14.6 Å². The zero-order chi connectivity index (χ0) is 18.9. The van der Waals surface area contributed by atoms with Crippen LogP contribution in [-0.2, 0) is 12.1 Å². The Labute approximate surface area is 158 Å². The molecule has 4 rings (SSSR count). The van der Waals surface area contributed by atoms with Crippen LogP contribution in [-0.4, -0.2) is 29.6 Å². The number of rotatable bonds is 5. The second kappa shape index (κ2) is 6.89. The molecule has 0 saturated carbocycles. The summed E-state index contributed by atoms with van der Waals surface area (Å²) in [6.07, 6.45) is 0.617. The van der Waals surface area contributed by atoms with Gasteiger partial charge in [-0.05, 0) is 30.2 Å². The van der Waals surface area contributed by atoms with Gasteiger partial charge in [0, 0.05) is 23.2 Å². The van der Waals surface area contributed by atoms with E-state index < -0.39 is 5.72 Å². The van der Waals surface area contributed by atoms with E-state index in [1.807, 2.05) is 72.8 Å². The second-order valence-electron chi connectivity index (χ2n) is 6.64. The van der Waals surface area contributed by atoms with Crippen LogP contribution in [0.25, 0.3) is 0 Å². The maximum Gasteiger partial charge on any atom is 0.257 e. The first-order valence-corrected chi connectivity index (χ1v) is 8.97. The molecule has 1 amide bonds. The Morgan fingerprint density at radius 1 is 0.963 bits per heavy atom. The Kier molecular flexibility index (Phi) is 4.42. The Morgan fingerprint density at radius 2 is 1.70 bits per heavy atom. The third kappa shape index (κ3) is 2.88. The first-order chi connectivity index (χ1) is 13.1. The van der Waals surface area contributed by atoms with E-state index in [-0.39, 0.29) is 5.91 Å². The van der Waals surface area contributed by atoms with Gasteiger partial charge >= 0.3 is 0 Å². The van der Waals surface area contributed by atoms with Crippen molar-refractivity contribution in [1.82, 2.24) is 4.90 Å². The van der Waals surface area contributed by atoms with Gasteiger partial charge in [-0.25, -0.2) is 0 Å². The minimum absolute atomic E-state index is 0.153. The molecule has 4 heteroatoms. The lowest BCUT2D eigenvalue weighted by molar-refractivity contribution is -0.0493. The lowest BCUT2D eigenvalue weighted by Gasteiger charge is -2.35. The van der Waals surface area contributed by atoms with E-state index in [0.717, 1.165) is 11.3 Å². The summed E-state index contributed by atoms with van der Waals surface area (Å²) in [5, 5.41) is 11.7. The molecule has 136 valence electrons. The summed E-state index contributed by atoms with van der Waals surface area (Å²) in [4.78, 5) is 14.6. The van der Waals surface area contributed by atoms with Crippen LogP contribution in [0.5, 0.6) is 5.75 Å². The largest absolute Gasteiger partial charge is 0.497 e. The third-order valence-electron chi connectivity index (χ3n) is 5.10. The molecular weight excluding hydrogens is 338 g/mol. The molecule has 3 aromatic rings. The lowest BCUT2D eigenvalue weighted by Crippen LogP contribution is -2.45. The van der Waals surface area contributed by atoms with Gasteiger partial charge in [0.25, 0.3) is 5.91 Å². The van der Waals surface area contributed by atoms with Crippen LogP contribution in [0, 0.1) is 0 Å². The van der Waals surface area contributed by atoms with Gasteiger partial charge in [0.2, 0.25) is 0 Å². The van der Waals surface area contributed by atoms with Crippen molar-refractivity contribution in [2.45, 2.75) is 12.1 Å². The minimum Gasteiger partial charge on any atom is -0.497 e. The normalized spacial score (nSPS) is 18.4. The van der Waals surface area contributed by atoms with Crippen LogP contribution in [0.15, 0.2) is 78.9 Å². The summed E-state index contributed by atoms with van der Waals surface area (Å²) in [7, 11) is 1.63. The van der Waals surface area contributed by atoms with Gasteiger partial charge in [0.15, 0.2) is 5.72 Å². The zero-order valence-electron chi connectivity index (χ0n) is 15.1. The summed E-state index contributed by atoms with van der Waals surface area (Å²) in [5.41, 5.74) is 1.46. The molecule has 0 aromatic heterocycles. The van der Waals surface area contributed by atoms with Crippen molar-refractivity contribution >= 4 is 5.91 Å². The van der Waals surface area contributed by atoms with Gasteiger partial charge in [-0.15, -0.1) is 0 Å². The number of ether oxygens (including phenoxy) is 1. The Morgan fingerprint density at radius 3 is 2.48 bits per heavy atom. The topological polar surface area (TPSA) is 49.8 Å². The zero-order valence-corrected chi connectivity index (χ0v) is 15.1. The molecule has 1 N–H and O–H groups in total. The predicted octanol–water partition coefficient (Wildman–Crippen LogP) is 3.59. The highest BCUT2D eigenvalue weighted by Gasteiger charge is 2.49. The molecule has 1 heterocycles. The van der Waals surface area contributed by atoms with Gasteiger partial charge in [-0.1, -0.05) is 60.7 Å². The van der Waals surface area contributed by atoms with E-state index in [2.05, 4.69) is 0 Å². The van der Waals surface area contributed by atoms with Crippen LogP contribution in [0.1, 0.15) is 27.0 Å². The summed E-state index contributed by atoms with van der Waals surface area (Å²) in [6.45, 7) is 0.395. The van der Waals surface area contributed by atoms with Crippen LogP contribution in [0.2, 0.25) is 0 Å². The van der Waals surface area contributed by atoms with Crippen LogP contribution < -0.4 is 4.74 Å². The number of benzene rings is 3.